The zero-order chi connectivity index (χ0) is 11.8. The van der Waals surface area contributed by atoms with Gasteiger partial charge in [0.25, 0.3) is 5.91 Å². The highest BCUT2D eigenvalue weighted by Gasteiger charge is 2.38. The molecule has 5 heteroatoms. The lowest BCUT2D eigenvalue weighted by molar-refractivity contribution is 0.00852. The molecule has 0 aliphatic carbocycles. The fourth-order valence-electron chi connectivity index (χ4n) is 2.86. The molecule has 1 aromatic rings. The number of hydrogen-bond acceptors (Lipinski definition) is 4. The minimum atomic E-state index is 0.0734. The summed E-state index contributed by atoms with van der Waals surface area (Å²) in [4.78, 5) is 18.2. The number of fused-ring (bicyclic) bond motifs is 1. The summed E-state index contributed by atoms with van der Waals surface area (Å²) in [7, 11) is 0. The molecule has 92 valence electrons. The van der Waals surface area contributed by atoms with E-state index in [-0.39, 0.29) is 5.91 Å². The van der Waals surface area contributed by atoms with Crippen LogP contribution in [-0.2, 0) is 4.74 Å². The van der Waals surface area contributed by atoms with Crippen LogP contribution in [0.15, 0.2) is 10.9 Å². The fraction of sp³-hybridized carbons (Fsp3) is 0.667. The van der Waals surface area contributed by atoms with E-state index in [4.69, 9.17) is 4.74 Å². The second kappa shape index (κ2) is 4.38. The molecule has 0 saturated carbocycles. The van der Waals surface area contributed by atoms with E-state index in [1.54, 1.807) is 5.51 Å². The van der Waals surface area contributed by atoms with E-state index in [1.807, 2.05) is 10.3 Å². The highest BCUT2D eigenvalue weighted by atomic mass is 32.1. The summed E-state index contributed by atoms with van der Waals surface area (Å²) in [6, 6.07) is 0. The number of hydrogen-bond donors (Lipinski definition) is 0. The first-order valence-electron chi connectivity index (χ1n) is 6.07. The molecule has 0 bridgehead atoms. The second-order valence-corrected chi connectivity index (χ2v) is 5.61. The predicted molar refractivity (Wildman–Crippen MR) is 65.1 cm³/mol. The van der Waals surface area contributed by atoms with Gasteiger partial charge in [-0.25, -0.2) is 4.98 Å². The summed E-state index contributed by atoms with van der Waals surface area (Å²) < 4.78 is 5.83. The minimum absolute atomic E-state index is 0.0734. The molecule has 2 saturated heterocycles. The van der Waals surface area contributed by atoms with Gasteiger partial charge < -0.3 is 9.64 Å². The van der Waals surface area contributed by atoms with Gasteiger partial charge in [0.05, 0.1) is 17.7 Å². The van der Waals surface area contributed by atoms with Crippen molar-refractivity contribution in [1.29, 1.82) is 0 Å². The van der Waals surface area contributed by atoms with E-state index >= 15 is 0 Å². The Morgan fingerprint density at radius 1 is 1.65 bits per heavy atom. The molecule has 4 nitrogen and oxygen atoms in total. The normalized spacial score (nSPS) is 32.5. The third-order valence-corrected chi connectivity index (χ3v) is 4.23. The molecule has 0 unspecified atom stereocenters. The lowest BCUT2D eigenvalue weighted by Gasteiger charge is -2.33. The van der Waals surface area contributed by atoms with Crippen LogP contribution in [0.4, 0.5) is 0 Å². The molecule has 0 radical (unpaired) electrons. The van der Waals surface area contributed by atoms with Crippen LogP contribution in [0.5, 0.6) is 0 Å². The van der Waals surface area contributed by atoms with Crippen molar-refractivity contribution in [3.8, 4) is 0 Å². The van der Waals surface area contributed by atoms with Crippen molar-refractivity contribution < 1.29 is 9.53 Å². The first-order valence-corrected chi connectivity index (χ1v) is 7.01. The smallest absolute Gasteiger partial charge is 0.273 e. The Balaban J connectivity index is 1.69. The zero-order valence-corrected chi connectivity index (χ0v) is 10.7. The Hall–Kier alpha value is -0.940. The number of thiazole rings is 1. The molecule has 1 amide bonds. The summed E-state index contributed by atoms with van der Waals surface area (Å²) in [5.41, 5.74) is 2.29. The Morgan fingerprint density at radius 2 is 2.53 bits per heavy atom. The highest BCUT2D eigenvalue weighted by molar-refractivity contribution is 7.07. The van der Waals surface area contributed by atoms with Crippen molar-refractivity contribution in [2.75, 3.05) is 13.1 Å². The quantitative estimate of drug-likeness (QED) is 0.765. The molecular formula is C12H16N2O2S. The molecule has 0 spiro atoms. The van der Waals surface area contributed by atoms with Crippen molar-refractivity contribution in [3.63, 3.8) is 0 Å². The number of carbonyl (C=O) groups is 1. The van der Waals surface area contributed by atoms with E-state index in [1.165, 1.54) is 11.3 Å². The van der Waals surface area contributed by atoms with Gasteiger partial charge in [-0.2, -0.15) is 0 Å². The summed E-state index contributed by atoms with van der Waals surface area (Å²) >= 11 is 1.47. The number of amides is 1. The van der Waals surface area contributed by atoms with Crippen molar-refractivity contribution in [2.24, 2.45) is 5.92 Å². The molecule has 3 rings (SSSR count). The van der Waals surface area contributed by atoms with Gasteiger partial charge in [-0.15, -0.1) is 11.3 Å². The van der Waals surface area contributed by atoms with Gasteiger partial charge in [-0.3, -0.25) is 4.79 Å². The fourth-order valence-corrected chi connectivity index (χ4v) is 3.39. The first-order chi connectivity index (χ1) is 8.24. The molecule has 1 aromatic heterocycles. The van der Waals surface area contributed by atoms with Gasteiger partial charge >= 0.3 is 0 Å². The number of nitrogens with zero attached hydrogens (tertiary/aromatic N) is 2. The molecule has 2 aliphatic heterocycles. The third-order valence-electron chi connectivity index (χ3n) is 3.64. The standard InChI is InChI=1S/C12H16N2O2S/c1-8-4-9-5-14(3-2-11(9)16-8)12(15)10-6-17-7-13-10/h6-9,11H,2-5H2,1H3/t8-,9-,11-/m1/s1. The summed E-state index contributed by atoms with van der Waals surface area (Å²) in [5.74, 6) is 0.589. The number of likely N-dealkylation sites (tertiary alicyclic amines) is 1. The van der Waals surface area contributed by atoms with Crippen LogP contribution >= 0.6 is 11.3 Å². The van der Waals surface area contributed by atoms with Gasteiger partial charge in [-0.1, -0.05) is 0 Å². The number of ether oxygens (including phenoxy) is 1. The van der Waals surface area contributed by atoms with E-state index in [0.717, 1.165) is 25.9 Å². The van der Waals surface area contributed by atoms with Crippen LogP contribution in [0.3, 0.4) is 0 Å². The number of rotatable bonds is 1. The third kappa shape index (κ3) is 2.09. The Morgan fingerprint density at radius 3 is 3.29 bits per heavy atom. The topological polar surface area (TPSA) is 42.4 Å². The zero-order valence-electron chi connectivity index (χ0n) is 9.83. The predicted octanol–water partition coefficient (Wildman–Crippen LogP) is 1.78. The van der Waals surface area contributed by atoms with E-state index in [9.17, 15) is 4.79 Å². The van der Waals surface area contributed by atoms with E-state index < -0.39 is 0 Å². The van der Waals surface area contributed by atoms with Crippen molar-refractivity contribution in [1.82, 2.24) is 9.88 Å². The Labute approximate surface area is 105 Å². The SMILES string of the molecule is C[C@@H]1C[C@@H]2CN(C(=O)c3cscn3)CC[C@H]2O1. The average molecular weight is 252 g/mol. The molecule has 17 heavy (non-hydrogen) atoms. The van der Waals surface area contributed by atoms with Crippen LogP contribution < -0.4 is 0 Å². The van der Waals surface area contributed by atoms with Crippen LogP contribution in [0.2, 0.25) is 0 Å². The van der Waals surface area contributed by atoms with Crippen molar-refractivity contribution >= 4 is 17.2 Å². The highest BCUT2D eigenvalue weighted by Crippen LogP contribution is 2.32. The summed E-state index contributed by atoms with van der Waals surface area (Å²) in [6.07, 6.45) is 2.75. The Kier molecular flexibility index (Phi) is 2.88. The van der Waals surface area contributed by atoms with E-state index in [0.29, 0.717) is 23.8 Å². The summed E-state index contributed by atoms with van der Waals surface area (Å²) in [6.45, 7) is 3.74. The maximum absolute atomic E-state index is 12.2. The monoisotopic (exact) mass is 252 g/mol. The lowest BCUT2D eigenvalue weighted by atomic mass is 9.93. The van der Waals surface area contributed by atoms with E-state index in [2.05, 4.69) is 11.9 Å². The van der Waals surface area contributed by atoms with Crippen LogP contribution in [0, 0.1) is 5.92 Å². The maximum atomic E-state index is 12.2. The largest absolute Gasteiger partial charge is 0.375 e. The second-order valence-electron chi connectivity index (χ2n) is 4.89. The molecule has 2 aliphatic rings. The molecule has 3 heterocycles. The molecule has 0 aromatic carbocycles. The molecule has 2 fully saturated rings. The Bertz CT molecular complexity index is 407. The number of carbonyl (C=O) groups excluding carboxylic acids is 1. The molecule has 3 atom stereocenters. The maximum Gasteiger partial charge on any atom is 0.273 e. The van der Waals surface area contributed by atoms with Gasteiger partial charge in [0.2, 0.25) is 0 Å². The summed E-state index contributed by atoms with van der Waals surface area (Å²) in [5, 5.41) is 1.82. The van der Waals surface area contributed by atoms with Crippen molar-refractivity contribution in [3.05, 3.63) is 16.6 Å². The van der Waals surface area contributed by atoms with Crippen molar-refractivity contribution in [2.45, 2.75) is 32.0 Å². The van der Waals surface area contributed by atoms with Crippen LogP contribution in [0.1, 0.15) is 30.3 Å². The average Bonchev–Trinajstić information content (AvgIpc) is 2.94. The van der Waals surface area contributed by atoms with Crippen LogP contribution in [-0.4, -0.2) is 41.1 Å². The number of piperidine rings is 1. The minimum Gasteiger partial charge on any atom is -0.375 e. The molecular weight excluding hydrogens is 236 g/mol. The number of aromatic nitrogens is 1. The lowest BCUT2D eigenvalue weighted by Crippen LogP contribution is -2.44. The first kappa shape index (κ1) is 11.2. The molecule has 0 N–H and O–H groups in total. The van der Waals surface area contributed by atoms with Gasteiger partial charge in [0.1, 0.15) is 5.69 Å². The van der Waals surface area contributed by atoms with Crippen LogP contribution in [0.25, 0.3) is 0 Å². The van der Waals surface area contributed by atoms with Gasteiger partial charge in [0, 0.05) is 24.4 Å². The van der Waals surface area contributed by atoms with Gasteiger partial charge in [-0.05, 0) is 19.8 Å². The van der Waals surface area contributed by atoms with Gasteiger partial charge in [0.15, 0.2) is 0 Å².